The Morgan fingerprint density at radius 2 is 1.84 bits per heavy atom. The minimum Gasteiger partial charge on any atom is -0.338 e. The molecule has 1 unspecified atom stereocenters. The number of hydrogen-bond donors (Lipinski definition) is 1. The van der Waals surface area contributed by atoms with E-state index in [1.807, 2.05) is 24.5 Å². The summed E-state index contributed by atoms with van der Waals surface area (Å²) in [6, 6.07) is 6.37. The summed E-state index contributed by atoms with van der Waals surface area (Å²) >= 11 is 0. The minimum atomic E-state index is 0.275. The number of rotatable bonds is 6. The number of aromatic nitrogens is 5. The first-order valence-corrected chi connectivity index (χ1v) is 11.5. The van der Waals surface area contributed by atoms with E-state index in [4.69, 9.17) is 10.2 Å². The van der Waals surface area contributed by atoms with Gasteiger partial charge in [-0.1, -0.05) is 19.3 Å². The molecule has 3 aromatic rings. The van der Waals surface area contributed by atoms with Gasteiger partial charge in [-0.3, -0.25) is 14.6 Å². The van der Waals surface area contributed by atoms with E-state index < -0.39 is 0 Å². The lowest BCUT2D eigenvalue weighted by Gasteiger charge is -2.34. The van der Waals surface area contributed by atoms with Gasteiger partial charge in [0.2, 0.25) is 0 Å². The molecule has 2 aliphatic rings. The van der Waals surface area contributed by atoms with Gasteiger partial charge in [0.1, 0.15) is 17.6 Å². The summed E-state index contributed by atoms with van der Waals surface area (Å²) in [5.74, 6) is 0.667. The van der Waals surface area contributed by atoms with E-state index in [1.54, 1.807) is 18.5 Å². The highest BCUT2D eigenvalue weighted by atomic mass is 15.3. The Morgan fingerprint density at radius 1 is 0.969 bits per heavy atom. The van der Waals surface area contributed by atoms with E-state index in [0.29, 0.717) is 17.6 Å². The molecular weight excluding hydrogens is 400 g/mol. The summed E-state index contributed by atoms with van der Waals surface area (Å²) in [4.78, 5) is 15.9. The standard InChI is InChI=1S/C24H28N8/c25-11-19-8-9-20(13-26-19)30-24-15-27-22(14-28-24)23-7-3-4-10-31(23)16-18-12-29-32(17-18)21-5-1-2-6-21/h8-9,12-15,17,21,23H,1-7,10,16H2,(H,28,30). The van der Waals surface area contributed by atoms with Crippen molar-refractivity contribution in [1.82, 2.24) is 29.6 Å². The summed E-state index contributed by atoms with van der Waals surface area (Å²) in [7, 11) is 0. The molecule has 1 N–H and O–H groups in total. The first-order valence-electron chi connectivity index (χ1n) is 11.5. The second-order valence-corrected chi connectivity index (χ2v) is 8.74. The maximum absolute atomic E-state index is 8.87. The summed E-state index contributed by atoms with van der Waals surface area (Å²) < 4.78 is 2.18. The van der Waals surface area contributed by atoms with Crippen LogP contribution in [-0.4, -0.2) is 36.2 Å². The zero-order valence-electron chi connectivity index (χ0n) is 18.2. The van der Waals surface area contributed by atoms with Gasteiger partial charge < -0.3 is 5.32 Å². The van der Waals surface area contributed by atoms with Crippen LogP contribution in [0.1, 0.15) is 74.0 Å². The molecule has 4 heterocycles. The molecule has 1 saturated carbocycles. The van der Waals surface area contributed by atoms with E-state index in [9.17, 15) is 0 Å². The van der Waals surface area contributed by atoms with Crippen LogP contribution < -0.4 is 5.32 Å². The fourth-order valence-corrected chi connectivity index (χ4v) is 4.83. The fraction of sp³-hybridized carbons (Fsp3) is 0.458. The molecule has 3 aromatic heterocycles. The predicted molar refractivity (Wildman–Crippen MR) is 121 cm³/mol. The molecule has 1 saturated heterocycles. The van der Waals surface area contributed by atoms with Crippen LogP contribution in [0.25, 0.3) is 0 Å². The second-order valence-electron chi connectivity index (χ2n) is 8.74. The third kappa shape index (κ3) is 4.63. The third-order valence-corrected chi connectivity index (χ3v) is 6.52. The van der Waals surface area contributed by atoms with Crippen molar-refractivity contribution in [3.8, 4) is 6.07 Å². The molecule has 5 rings (SSSR count). The number of hydrogen-bond acceptors (Lipinski definition) is 7. The van der Waals surface area contributed by atoms with Crippen molar-refractivity contribution < 1.29 is 0 Å². The fourth-order valence-electron chi connectivity index (χ4n) is 4.83. The highest BCUT2D eigenvalue weighted by Gasteiger charge is 2.26. The van der Waals surface area contributed by atoms with Crippen molar-refractivity contribution in [2.24, 2.45) is 0 Å². The van der Waals surface area contributed by atoms with Gasteiger partial charge in [-0.15, -0.1) is 0 Å². The van der Waals surface area contributed by atoms with Gasteiger partial charge in [0.25, 0.3) is 0 Å². The van der Waals surface area contributed by atoms with Crippen molar-refractivity contribution in [2.75, 3.05) is 11.9 Å². The largest absolute Gasteiger partial charge is 0.338 e. The number of nitriles is 1. The molecule has 0 aromatic carbocycles. The molecule has 1 aliphatic heterocycles. The lowest BCUT2D eigenvalue weighted by molar-refractivity contribution is 0.137. The Balaban J connectivity index is 1.25. The van der Waals surface area contributed by atoms with E-state index in [0.717, 1.165) is 30.9 Å². The van der Waals surface area contributed by atoms with E-state index in [2.05, 4.69) is 36.2 Å². The van der Waals surface area contributed by atoms with Gasteiger partial charge in [-0.2, -0.15) is 10.4 Å². The number of nitrogens with one attached hydrogen (secondary N) is 1. The molecule has 2 fully saturated rings. The van der Waals surface area contributed by atoms with Crippen molar-refractivity contribution in [2.45, 2.75) is 63.6 Å². The van der Waals surface area contributed by atoms with E-state index in [1.165, 1.54) is 44.1 Å². The van der Waals surface area contributed by atoms with Crippen molar-refractivity contribution >= 4 is 11.5 Å². The van der Waals surface area contributed by atoms with Gasteiger partial charge >= 0.3 is 0 Å². The van der Waals surface area contributed by atoms with E-state index >= 15 is 0 Å². The molecule has 0 bridgehead atoms. The summed E-state index contributed by atoms with van der Waals surface area (Å²) in [5, 5.41) is 16.7. The van der Waals surface area contributed by atoms with Gasteiger partial charge in [-0.05, 0) is 44.4 Å². The van der Waals surface area contributed by atoms with Crippen LogP contribution in [0.3, 0.4) is 0 Å². The van der Waals surface area contributed by atoms with Crippen LogP contribution in [0.2, 0.25) is 0 Å². The molecule has 8 nitrogen and oxygen atoms in total. The maximum Gasteiger partial charge on any atom is 0.148 e. The number of likely N-dealkylation sites (tertiary alicyclic amines) is 1. The monoisotopic (exact) mass is 428 g/mol. The zero-order valence-corrected chi connectivity index (χ0v) is 18.2. The van der Waals surface area contributed by atoms with Crippen molar-refractivity contribution in [3.63, 3.8) is 0 Å². The number of nitrogens with zero attached hydrogens (tertiary/aromatic N) is 7. The molecule has 32 heavy (non-hydrogen) atoms. The summed E-state index contributed by atoms with van der Waals surface area (Å²) in [6.45, 7) is 1.97. The van der Waals surface area contributed by atoms with Gasteiger partial charge in [-0.25, -0.2) is 9.97 Å². The molecule has 164 valence electrons. The average Bonchev–Trinajstić information content (AvgIpc) is 3.53. The van der Waals surface area contributed by atoms with Gasteiger partial charge in [0.05, 0.1) is 48.3 Å². The SMILES string of the molecule is N#Cc1ccc(Nc2cnc(C3CCCCN3Cc3cnn(C4CCCC4)c3)cn2)cn1. The van der Waals surface area contributed by atoms with Crippen LogP contribution in [0, 0.1) is 11.3 Å². The van der Waals surface area contributed by atoms with Crippen LogP contribution in [0.15, 0.2) is 43.1 Å². The van der Waals surface area contributed by atoms with Gasteiger partial charge in [0.15, 0.2) is 0 Å². The van der Waals surface area contributed by atoms with Crippen LogP contribution in [-0.2, 0) is 6.54 Å². The Morgan fingerprint density at radius 3 is 2.59 bits per heavy atom. The smallest absolute Gasteiger partial charge is 0.148 e. The molecule has 0 amide bonds. The quantitative estimate of drug-likeness (QED) is 0.616. The topological polar surface area (TPSA) is 95.6 Å². The number of piperidine rings is 1. The summed E-state index contributed by atoms with van der Waals surface area (Å²) in [6.07, 6.45) is 18.2. The van der Waals surface area contributed by atoms with Gasteiger partial charge in [0, 0.05) is 18.3 Å². The predicted octanol–water partition coefficient (Wildman–Crippen LogP) is 4.53. The normalized spacial score (nSPS) is 19.7. The zero-order chi connectivity index (χ0) is 21.8. The second kappa shape index (κ2) is 9.45. The molecule has 1 aliphatic carbocycles. The number of pyridine rings is 1. The van der Waals surface area contributed by atoms with Crippen molar-refractivity contribution in [3.05, 3.63) is 60.1 Å². The average molecular weight is 429 g/mol. The van der Waals surface area contributed by atoms with Crippen LogP contribution in [0.4, 0.5) is 11.5 Å². The highest BCUT2D eigenvalue weighted by Crippen LogP contribution is 2.32. The Bertz CT molecular complexity index is 1060. The molecule has 0 radical (unpaired) electrons. The molecule has 1 atom stereocenters. The lowest BCUT2D eigenvalue weighted by Crippen LogP contribution is -2.33. The molecule has 0 spiro atoms. The van der Waals surface area contributed by atoms with Crippen LogP contribution in [0.5, 0.6) is 0 Å². The van der Waals surface area contributed by atoms with Crippen LogP contribution >= 0.6 is 0 Å². The van der Waals surface area contributed by atoms with Crippen molar-refractivity contribution in [1.29, 1.82) is 5.26 Å². The Labute approximate surface area is 188 Å². The molecule has 8 heteroatoms. The maximum atomic E-state index is 8.87. The Hall–Kier alpha value is -3.31. The molecular formula is C24H28N8. The highest BCUT2D eigenvalue weighted by molar-refractivity contribution is 5.54. The minimum absolute atomic E-state index is 0.275. The summed E-state index contributed by atoms with van der Waals surface area (Å²) in [5.41, 5.74) is 3.47. The lowest BCUT2D eigenvalue weighted by atomic mass is 9.99. The third-order valence-electron chi connectivity index (χ3n) is 6.52. The Kier molecular flexibility index (Phi) is 6.08. The van der Waals surface area contributed by atoms with E-state index in [-0.39, 0.29) is 6.04 Å². The first-order chi connectivity index (χ1) is 15.8. The first kappa shape index (κ1) is 20.6. The number of anilines is 2.